The molecule has 0 saturated heterocycles. The van der Waals surface area contributed by atoms with Gasteiger partial charge in [0.05, 0.1) is 11.0 Å². The predicted molar refractivity (Wildman–Crippen MR) is 135 cm³/mol. The summed E-state index contributed by atoms with van der Waals surface area (Å²) in [5, 5.41) is 10.5. The van der Waals surface area contributed by atoms with E-state index in [9.17, 15) is 32.7 Å². The van der Waals surface area contributed by atoms with Crippen molar-refractivity contribution in [2.75, 3.05) is 0 Å². The largest absolute Gasteiger partial charge is 0.481 e. The van der Waals surface area contributed by atoms with Crippen molar-refractivity contribution in [3.8, 4) is 0 Å². The van der Waals surface area contributed by atoms with E-state index in [0.29, 0.717) is 37.7 Å². The number of carboxylic acid groups (broad SMARTS) is 1. The number of hydrogen-bond donors (Lipinski definition) is 1. The maximum absolute atomic E-state index is 14.2. The van der Waals surface area contributed by atoms with Gasteiger partial charge in [-0.3, -0.25) is 14.4 Å². The second kappa shape index (κ2) is 7.23. The second-order valence-electron chi connectivity index (χ2n) is 14.9. The number of hydrogen-bond acceptors (Lipinski definition) is 3. The lowest BCUT2D eigenvalue weighted by molar-refractivity contribution is -0.186. The summed E-state index contributed by atoms with van der Waals surface area (Å²) in [5.41, 5.74) is -4.58. The van der Waals surface area contributed by atoms with Crippen LogP contribution in [-0.4, -0.2) is 28.8 Å². The molecule has 0 aliphatic heterocycles. The van der Waals surface area contributed by atoms with Crippen molar-refractivity contribution in [2.24, 2.45) is 50.2 Å². The summed E-state index contributed by atoms with van der Waals surface area (Å²) in [6.07, 6.45) is 4.73. The zero-order valence-corrected chi connectivity index (χ0v) is 23.1. The third-order valence-electron chi connectivity index (χ3n) is 13.2. The normalized spacial score (nSPS) is 46.7. The fourth-order valence-corrected chi connectivity index (χ4v) is 10.6. The van der Waals surface area contributed by atoms with Crippen molar-refractivity contribution in [3.05, 3.63) is 23.3 Å². The zero-order chi connectivity index (χ0) is 27.9. The van der Waals surface area contributed by atoms with Gasteiger partial charge in [-0.1, -0.05) is 46.3 Å². The van der Waals surface area contributed by atoms with Crippen LogP contribution < -0.4 is 0 Å². The monoisotopic (exact) mass is 532 g/mol. The first-order valence-corrected chi connectivity index (χ1v) is 14.2. The Hall–Kier alpha value is -1.92. The first kappa shape index (κ1) is 26.3. The average molecular weight is 533 g/mol. The minimum atomic E-state index is -4.77. The number of alkyl halides is 3. The predicted octanol–water partition coefficient (Wildman–Crippen LogP) is 7.08. The number of carbonyl (C=O) groups excluding carboxylic acids is 2. The molecule has 4 fully saturated rings. The Labute approximate surface area is 222 Å². The van der Waals surface area contributed by atoms with Gasteiger partial charge in [0, 0.05) is 16.7 Å². The minimum Gasteiger partial charge on any atom is -0.481 e. The highest BCUT2D eigenvalue weighted by Crippen LogP contribution is 2.76. The van der Waals surface area contributed by atoms with Crippen LogP contribution in [0.1, 0.15) is 92.4 Å². The van der Waals surface area contributed by atoms with Crippen molar-refractivity contribution >= 4 is 17.5 Å². The molecule has 7 heteroatoms. The van der Waals surface area contributed by atoms with Gasteiger partial charge in [-0.15, -0.1) is 0 Å². The molecule has 1 spiro atoms. The van der Waals surface area contributed by atoms with Crippen LogP contribution in [0.2, 0.25) is 0 Å². The summed E-state index contributed by atoms with van der Waals surface area (Å²) in [6.45, 7) is 9.25. The van der Waals surface area contributed by atoms with Gasteiger partial charge in [0.25, 0.3) is 0 Å². The first-order valence-electron chi connectivity index (χ1n) is 14.2. The molecule has 0 heterocycles. The zero-order valence-electron chi connectivity index (χ0n) is 23.1. The van der Waals surface area contributed by atoms with Crippen LogP contribution in [0.25, 0.3) is 0 Å². The number of carbonyl (C=O) groups is 3. The summed E-state index contributed by atoms with van der Waals surface area (Å²) in [5.74, 6) is -2.85. The second-order valence-corrected chi connectivity index (χ2v) is 14.9. The van der Waals surface area contributed by atoms with E-state index < -0.39 is 56.5 Å². The number of allylic oxidation sites excluding steroid dienone is 4. The van der Waals surface area contributed by atoms with Crippen LogP contribution in [0.4, 0.5) is 13.2 Å². The number of halogens is 3. The maximum atomic E-state index is 14.2. The molecule has 0 aromatic rings. The van der Waals surface area contributed by atoms with E-state index in [-0.39, 0.29) is 23.0 Å². The Morgan fingerprint density at radius 3 is 2.13 bits per heavy atom. The molecule has 4 nitrogen and oxygen atoms in total. The fraction of sp³-hybridized carbons (Fsp3) is 0.774. The topological polar surface area (TPSA) is 71.4 Å². The van der Waals surface area contributed by atoms with Crippen LogP contribution >= 0.6 is 0 Å². The molecule has 0 amide bonds. The molecule has 6 aliphatic rings. The van der Waals surface area contributed by atoms with Gasteiger partial charge in [-0.05, 0) is 91.9 Å². The Kier molecular flexibility index (Phi) is 5.00. The van der Waals surface area contributed by atoms with Gasteiger partial charge >= 0.3 is 12.1 Å². The number of rotatable bonds is 1. The molecule has 38 heavy (non-hydrogen) atoms. The van der Waals surface area contributed by atoms with Gasteiger partial charge in [0.2, 0.25) is 0 Å². The smallest absolute Gasteiger partial charge is 0.419 e. The lowest BCUT2D eigenvalue weighted by Crippen LogP contribution is -2.65. The number of fused-ring (bicyclic) bond motifs is 7. The number of aliphatic carboxylic acids is 1. The Morgan fingerprint density at radius 1 is 0.947 bits per heavy atom. The van der Waals surface area contributed by atoms with Crippen molar-refractivity contribution < 1.29 is 32.7 Å². The summed E-state index contributed by atoms with van der Waals surface area (Å²) in [6, 6.07) is 0. The van der Waals surface area contributed by atoms with Crippen LogP contribution in [-0.2, 0) is 14.4 Å². The van der Waals surface area contributed by atoms with Crippen LogP contribution in [0.15, 0.2) is 23.3 Å². The van der Waals surface area contributed by atoms with E-state index >= 15 is 0 Å². The van der Waals surface area contributed by atoms with Crippen LogP contribution in [0.5, 0.6) is 0 Å². The SMILES string of the molecule is CC1(C)C(=O)C(C(F)(F)F)=C[C@]2(C)C3=CC(=O)[C@@H]4[C@@H]5CC6(CC6)CC[C@]5(C(=O)O)CC[C@@]4(C)[C@]3(C)CC[C@@H]12. The Balaban J connectivity index is 1.53. The molecule has 1 N–H and O–H groups in total. The van der Waals surface area contributed by atoms with Crippen molar-refractivity contribution in [1.29, 1.82) is 0 Å². The first-order chi connectivity index (χ1) is 17.4. The molecule has 6 rings (SSSR count). The number of ketones is 2. The van der Waals surface area contributed by atoms with Crippen LogP contribution in [0, 0.1) is 50.2 Å². The highest BCUT2D eigenvalue weighted by molar-refractivity contribution is 6.03. The number of carboxylic acids is 1. The molecule has 4 saturated carbocycles. The van der Waals surface area contributed by atoms with E-state index in [1.807, 2.05) is 0 Å². The molecular weight excluding hydrogens is 493 g/mol. The van der Waals surface area contributed by atoms with Crippen LogP contribution in [0.3, 0.4) is 0 Å². The van der Waals surface area contributed by atoms with Gasteiger partial charge in [0.1, 0.15) is 0 Å². The molecule has 0 aromatic heterocycles. The lowest BCUT2D eigenvalue weighted by Gasteiger charge is -2.68. The third-order valence-corrected chi connectivity index (χ3v) is 13.2. The van der Waals surface area contributed by atoms with Crippen molar-refractivity contribution in [1.82, 2.24) is 0 Å². The molecule has 0 radical (unpaired) electrons. The maximum Gasteiger partial charge on any atom is 0.419 e. The highest BCUT2D eigenvalue weighted by Gasteiger charge is 2.72. The summed E-state index contributed by atoms with van der Waals surface area (Å²) in [4.78, 5) is 40.1. The van der Waals surface area contributed by atoms with E-state index in [0.717, 1.165) is 31.8 Å². The Morgan fingerprint density at radius 2 is 1.55 bits per heavy atom. The van der Waals surface area contributed by atoms with E-state index in [2.05, 4.69) is 13.8 Å². The van der Waals surface area contributed by atoms with E-state index in [1.54, 1.807) is 26.8 Å². The van der Waals surface area contributed by atoms with Crippen molar-refractivity contribution in [2.45, 2.75) is 98.6 Å². The molecule has 0 bridgehead atoms. The molecular formula is C31H39F3O4. The lowest BCUT2D eigenvalue weighted by atomic mass is 9.34. The fourth-order valence-electron chi connectivity index (χ4n) is 10.6. The minimum absolute atomic E-state index is 0.119. The third kappa shape index (κ3) is 2.97. The average Bonchev–Trinajstić information content (AvgIpc) is 3.56. The molecule has 6 aliphatic carbocycles. The Bertz CT molecular complexity index is 1220. The van der Waals surface area contributed by atoms with Crippen molar-refractivity contribution in [3.63, 3.8) is 0 Å². The van der Waals surface area contributed by atoms with Gasteiger partial charge in [-0.25, -0.2) is 0 Å². The molecule has 7 atom stereocenters. The van der Waals surface area contributed by atoms with E-state index in [4.69, 9.17) is 0 Å². The summed E-state index contributed by atoms with van der Waals surface area (Å²) < 4.78 is 42.5. The number of Topliss-reactive ketones (excluding diaryl/α,β-unsaturated/α-hetero) is 1. The van der Waals surface area contributed by atoms with Gasteiger partial charge in [-0.2, -0.15) is 13.2 Å². The van der Waals surface area contributed by atoms with Gasteiger partial charge < -0.3 is 5.11 Å². The molecule has 208 valence electrons. The summed E-state index contributed by atoms with van der Waals surface area (Å²) >= 11 is 0. The standard InChI is InChI=1S/C31H39F3O4/c1-25(2)20-6-7-27(4)21(26(20,3)15-18(23(25)36)31(32,33)34)14-19(35)22-17-16-29(9-10-29)11-13-30(17,24(37)38)12-8-28(22,27)5/h14-15,17,20,22H,6-13,16H2,1-5H3,(H,37,38)/t17-,20-,22-,26-,27+,28+,30+/m0/s1. The molecule has 0 aromatic carbocycles. The quantitative estimate of drug-likeness (QED) is 0.392. The molecule has 0 unspecified atom stereocenters. The summed E-state index contributed by atoms with van der Waals surface area (Å²) in [7, 11) is 0. The highest BCUT2D eigenvalue weighted by atomic mass is 19.4. The van der Waals surface area contributed by atoms with Gasteiger partial charge in [0.15, 0.2) is 11.6 Å². The van der Waals surface area contributed by atoms with E-state index in [1.165, 1.54) is 0 Å².